The lowest BCUT2D eigenvalue weighted by atomic mass is 10.1. The smallest absolute Gasteiger partial charge is 0.126 e. The summed E-state index contributed by atoms with van der Waals surface area (Å²) >= 11 is 3.47. The molecular formula is C12H18BrN3. The van der Waals surface area contributed by atoms with Gasteiger partial charge in [0.15, 0.2) is 0 Å². The molecule has 0 radical (unpaired) electrons. The van der Waals surface area contributed by atoms with Crippen molar-refractivity contribution in [3.05, 3.63) is 22.3 Å². The molecule has 1 fully saturated rings. The Balaban J connectivity index is 1.96. The molecule has 0 unspecified atom stereocenters. The molecule has 0 aliphatic carbocycles. The van der Waals surface area contributed by atoms with Crippen molar-refractivity contribution < 1.29 is 0 Å². The van der Waals surface area contributed by atoms with E-state index in [-0.39, 0.29) is 0 Å². The second kappa shape index (κ2) is 5.15. The van der Waals surface area contributed by atoms with Crippen LogP contribution in [0.2, 0.25) is 0 Å². The van der Waals surface area contributed by atoms with Crippen LogP contribution in [0.1, 0.15) is 18.5 Å². The van der Waals surface area contributed by atoms with Crippen LogP contribution in [0.3, 0.4) is 0 Å². The van der Waals surface area contributed by atoms with Crippen molar-refractivity contribution in [2.75, 3.05) is 25.5 Å². The van der Waals surface area contributed by atoms with Crippen LogP contribution in [0.5, 0.6) is 0 Å². The number of halogens is 1. The lowest BCUT2D eigenvalue weighted by molar-refractivity contribution is 0.263. The molecule has 3 nitrogen and oxygen atoms in total. The molecule has 0 saturated carbocycles. The molecule has 0 aromatic carbocycles. The number of pyridine rings is 1. The maximum Gasteiger partial charge on any atom is 0.126 e. The zero-order valence-electron chi connectivity index (χ0n) is 9.83. The van der Waals surface area contributed by atoms with Gasteiger partial charge < -0.3 is 10.2 Å². The van der Waals surface area contributed by atoms with Gasteiger partial charge in [0.05, 0.1) is 5.69 Å². The van der Waals surface area contributed by atoms with Gasteiger partial charge in [0.1, 0.15) is 5.82 Å². The number of hydrogen-bond acceptors (Lipinski definition) is 3. The predicted octanol–water partition coefficient (Wildman–Crippen LogP) is 2.66. The van der Waals surface area contributed by atoms with Crippen molar-refractivity contribution in [1.82, 2.24) is 9.88 Å². The fourth-order valence-electron chi connectivity index (χ4n) is 1.99. The number of piperidine rings is 1. The molecule has 88 valence electrons. The largest absolute Gasteiger partial charge is 0.367 e. The quantitative estimate of drug-likeness (QED) is 0.905. The first-order valence-corrected chi connectivity index (χ1v) is 6.52. The van der Waals surface area contributed by atoms with Crippen LogP contribution in [-0.4, -0.2) is 36.1 Å². The van der Waals surface area contributed by atoms with E-state index in [1.165, 1.54) is 25.9 Å². The topological polar surface area (TPSA) is 28.2 Å². The van der Waals surface area contributed by atoms with Crippen LogP contribution in [0.25, 0.3) is 0 Å². The normalized spacial score (nSPS) is 18.7. The van der Waals surface area contributed by atoms with Gasteiger partial charge in [-0.25, -0.2) is 4.98 Å². The van der Waals surface area contributed by atoms with Crippen molar-refractivity contribution in [2.24, 2.45) is 0 Å². The molecular weight excluding hydrogens is 266 g/mol. The molecule has 2 heterocycles. The highest BCUT2D eigenvalue weighted by Gasteiger charge is 2.16. The Morgan fingerprint density at radius 2 is 2.06 bits per heavy atom. The van der Waals surface area contributed by atoms with Gasteiger partial charge in [-0.1, -0.05) is 0 Å². The predicted molar refractivity (Wildman–Crippen MR) is 70.8 cm³/mol. The molecule has 0 amide bonds. The number of anilines is 1. The standard InChI is InChI=1S/C12H18BrN3/c1-9-11(13)3-4-12(14-9)15-10-5-7-16(2)8-6-10/h3-4,10H,5-8H2,1-2H3,(H,14,15). The number of likely N-dealkylation sites (tertiary alicyclic amines) is 1. The van der Waals surface area contributed by atoms with E-state index in [1.54, 1.807) is 0 Å². The number of hydrogen-bond donors (Lipinski definition) is 1. The molecule has 1 aliphatic rings. The third-order valence-corrected chi connectivity index (χ3v) is 3.93. The summed E-state index contributed by atoms with van der Waals surface area (Å²) in [6, 6.07) is 4.67. The molecule has 1 saturated heterocycles. The van der Waals surface area contributed by atoms with Gasteiger partial charge in [-0.3, -0.25) is 0 Å². The number of aromatic nitrogens is 1. The summed E-state index contributed by atoms with van der Waals surface area (Å²) in [6.45, 7) is 4.37. The van der Waals surface area contributed by atoms with E-state index in [4.69, 9.17) is 0 Å². The average molecular weight is 284 g/mol. The lowest BCUT2D eigenvalue weighted by Crippen LogP contribution is -2.36. The number of rotatable bonds is 2. The lowest BCUT2D eigenvalue weighted by Gasteiger charge is -2.29. The molecule has 1 aliphatic heterocycles. The summed E-state index contributed by atoms with van der Waals surface area (Å²) in [5, 5.41) is 3.51. The van der Waals surface area contributed by atoms with Crippen LogP contribution in [0.15, 0.2) is 16.6 Å². The highest BCUT2D eigenvalue weighted by Crippen LogP contribution is 2.19. The Hall–Kier alpha value is -0.610. The third kappa shape index (κ3) is 2.95. The molecule has 0 atom stereocenters. The molecule has 1 aromatic rings. The van der Waals surface area contributed by atoms with Crippen LogP contribution >= 0.6 is 15.9 Å². The molecule has 1 aromatic heterocycles. The number of nitrogens with one attached hydrogen (secondary N) is 1. The minimum atomic E-state index is 0.573. The first-order valence-electron chi connectivity index (χ1n) is 5.73. The maximum atomic E-state index is 4.51. The van der Waals surface area contributed by atoms with Gasteiger partial charge >= 0.3 is 0 Å². The Labute approximate surface area is 105 Å². The minimum Gasteiger partial charge on any atom is -0.367 e. The zero-order chi connectivity index (χ0) is 11.5. The number of aryl methyl sites for hydroxylation is 1. The summed E-state index contributed by atoms with van der Waals surface area (Å²) in [6.07, 6.45) is 2.40. The van der Waals surface area contributed by atoms with Crippen LogP contribution in [0.4, 0.5) is 5.82 Å². The molecule has 16 heavy (non-hydrogen) atoms. The Morgan fingerprint density at radius 1 is 1.38 bits per heavy atom. The van der Waals surface area contributed by atoms with Crippen LogP contribution < -0.4 is 5.32 Å². The number of nitrogens with zero attached hydrogens (tertiary/aromatic N) is 2. The minimum absolute atomic E-state index is 0.573. The summed E-state index contributed by atoms with van der Waals surface area (Å²) in [4.78, 5) is 6.89. The highest BCUT2D eigenvalue weighted by molar-refractivity contribution is 9.10. The average Bonchev–Trinajstić information content (AvgIpc) is 2.27. The Kier molecular flexibility index (Phi) is 3.82. The van der Waals surface area contributed by atoms with Gasteiger partial charge in [-0.05, 0) is 68.0 Å². The van der Waals surface area contributed by atoms with E-state index in [0.717, 1.165) is 16.0 Å². The van der Waals surface area contributed by atoms with Crippen molar-refractivity contribution in [1.29, 1.82) is 0 Å². The van der Waals surface area contributed by atoms with Crippen molar-refractivity contribution in [3.63, 3.8) is 0 Å². The molecule has 0 spiro atoms. The summed E-state index contributed by atoms with van der Waals surface area (Å²) < 4.78 is 1.07. The van der Waals surface area contributed by atoms with E-state index in [1.807, 2.05) is 13.0 Å². The maximum absolute atomic E-state index is 4.51. The van der Waals surface area contributed by atoms with Gasteiger partial charge in [-0.15, -0.1) is 0 Å². The molecule has 0 bridgehead atoms. The van der Waals surface area contributed by atoms with Gasteiger partial charge in [0.2, 0.25) is 0 Å². The summed E-state index contributed by atoms with van der Waals surface area (Å²) in [5.41, 5.74) is 1.04. The van der Waals surface area contributed by atoms with Crippen LogP contribution in [0, 0.1) is 6.92 Å². The molecule has 2 rings (SSSR count). The first kappa shape index (κ1) is 11.9. The second-order valence-corrected chi connectivity index (χ2v) is 5.34. The third-order valence-electron chi connectivity index (χ3n) is 3.09. The van der Waals surface area contributed by atoms with Crippen LogP contribution in [-0.2, 0) is 0 Å². The highest BCUT2D eigenvalue weighted by atomic mass is 79.9. The zero-order valence-corrected chi connectivity index (χ0v) is 11.4. The van der Waals surface area contributed by atoms with Gasteiger partial charge in [0.25, 0.3) is 0 Å². The summed E-state index contributed by atoms with van der Waals surface area (Å²) in [7, 11) is 2.18. The van der Waals surface area contributed by atoms with Gasteiger partial charge in [-0.2, -0.15) is 0 Å². The van der Waals surface area contributed by atoms with Crippen molar-refractivity contribution in [3.8, 4) is 0 Å². The van der Waals surface area contributed by atoms with E-state index in [9.17, 15) is 0 Å². The van der Waals surface area contributed by atoms with Gasteiger partial charge in [0, 0.05) is 10.5 Å². The van der Waals surface area contributed by atoms with E-state index < -0.39 is 0 Å². The monoisotopic (exact) mass is 283 g/mol. The fourth-order valence-corrected chi connectivity index (χ4v) is 2.21. The van der Waals surface area contributed by atoms with E-state index in [0.29, 0.717) is 6.04 Å². The fraction of sp³-hybridized carbons (Fsp3) is 0.583. The van der Waals surface area contributed by atoms with E-state index >= 15 is 0 Å². The molecule has 4 heteroatoms. The SMILES string of the molecule is Cc1nc(NC2CCN(C)CC2)ccc1Br. The molecule has 1 N–H and O–H groups in total. The second-order valence-electron chi connectivity index (χ2n) is 4.49. The summed E-state index contributed by atoms with van der Waals surface area (Å²) in [5.74, 6) is 0.996. The Bertz CT molecular complexity index is 359. The van der Waals surface area contributed by atoms with E-state index in [2.05, 4.69) is 44.2 Å². The van der Waals surface area contributed by atoms with Crippen molar-refractivity contribution >= 4 is 21.7 Å². The Morgan fingerprint density at radius 3 is 2.69 bits per heavy atom. The van der Waals surface area contributed by atoms with Crippen molar-refractivity contribution in [2.45, 2.75) is 25.8 Å². The first-order chi connectivity index (χ1) is 7.65.